The van der Waals surface area contributed by atoms with Crippen LogP contribution in [0.1, 0.15) is 34.3 Å². The van der Waals surface area contributed by atoms with Crippen molar-refractivity contribution in [2.45, 2.75) is 12.5 Å². The van der Waals surface area contributed by atoms with Gasteiger partial charge in [-0.25, -0.2) is 5.01 Å². The van der Waals surface area contributed by atoms with E-state index >= 15 is 0 Å². The van der Waals surface area contributed by atoms with Crippen molar-refractivity contribution < 1.29 is 9.21 Å². The van der Waals surface area contributed by atoms with Gasteiger partial charge in [-0.3, -0.25) is 14.8 Å². The number of nitrogens with one attached hydrogen (secondary N) is 1. The lowest BCUT2D eigenvalue weighted by Crippen LogP contribution is -2.27. The molecular weight excluding hydrogens is 342 g/mol. The summed E-state index contributed by atoms with van der Waals surface area (Å²) in [6.07, 6.45) is 7.22. The van der Waals surface area contributed by atoms with Crippen molar-refractivity contribution in [2.75, 3.05) is 0 Å². The van der Waals surface area contributed by atoms with Crippen LogP contribution < -0.4 is 0 Å². The Balaban J connectivity index is 1.62. The van der Waals surface area contributed by atoms with Crippen molar-refractivity contribution in [2.24, 2.45) is 5.10 Å². The fourth-order valence-electron chi connectivity index (χ4n) is 3.41. The fraction of sp³-hybridized carbons (Fsp3) is 0.100. The maximum absolute atomic E-state index is 13.0. The Bertz CT molecular complexity index is 1130. The molecule has 1 aromatic carbocycles. The SMILES string of the molecule is O=C(c1ccco1)N1N=C(c2ccc[nH]2)CC1c1cccc2nccnc12. The van der Waals surface area contributed by atoms with Crippen molar-refractivity contribution >= 4 is 22.7 Å². The quantitative estimate of drug-likeness (QED) is 0.607. The third-order valence-electron chi connectivity index (χ3n) is 4.65. The van der Waals surface area contributed by atoms with E-state index in [9.17, 15) is 4.79 Å². The van der Waals surface area contributed by atoms with Gasteiger partial charge in [0.25, 0.3) is 0 Å². The molecule has 0 spiro atoms. The molecule has 27 heavy (non-hydrogen) atoms. The molecule has 5 rings (SSSR count). The lowest BCUT2D eigenvalue weighted by Gasteiger charge is -2.21. The van der Waals surface area contributed by atoms with Gasteiger partial charge in [-0.2, -0.15) is 5.10 Å². The van der Waals surface area contributed by atoms with Crippen LogP contribution in [0.4, 0.5) is 0 Å². The summed E-state index contributed by atoms with van der Waals surface area (Å²) in [5.41, 5.74) is 4.16. The van der Waals surface area contributed by atoms with Crippen LogP contribution in [-0.2, 0) is 0 Å². The van der Waals surface area contributed by atoms with Crippen molar-refractivity contribution in [3.8, 4) is 0 Å². The molecule has 0 fully saturated rings. The van der Waals surface area contributed by atoms with Gasteiger partial charge >= 0.3 is 5.91 Å². The monoisotopic (exact) mass is 357 g/mol. The van der Waals surface area contributed by atoms with E-state index in [-0.39, 0.29) is 17.7 Å². The van der Waals surface area contributed by atoms with E-state index in [0.717, 1.165) is 28.0 Å². The number of fused-ring (bicyclic) bond motifs is 1. The summed E-state index contributed by atoms with van der Waals surface area (Å²) >= 11 is 0. The van der Waals surface area contributed by atoms with Crippen molar-refractivity contribution in [1.29, 1.82) is 0 Å². The van der Waals surface area contributed by atoms with Gasteiger partial charge in [-0.05, 0) is 30.3 Å². The van der Waals surface area contributed by atoms with E-state index in [2.05, 4.69) is 20.1 Å². The average Bonchev–Trinajstić information content (AvgIpc) is 3.48. The Hall–Kier alpha value is -3.74. The van der Waals surface area contributed by atoms with Crippen LogP contribution in [0.15, 0.2) is 76.8 Å². The first kappa shape index (κ1) is 15.5. The summed E-state index contributed by atoms with van der Waals surface area (Å²) in [6.45, 7) is 0. The normalized spacial score (nSPS) is 16.7. The highest BCUT2D eigenvalue weighted by Crippen LogP contribution is 2.36. The number of amides is 1. The molecule has 1 unspecified atom stereocenters. The summed E-state index contributed by atoms with van der Waals surface area (Å²) in [4.78, 5) is 25.0. The highest BCUT2D eigenvalue weighted by atomic mass is 16.3. The minimum atomic E-state index is -0.290. The van der Waals surface area contributed by atoms with Crippen molar-refractivity contribution in [1.82, 2.24) is 20.0 Å². The highest BCUT2D eigenvalue weighted by Gasteiger charge is 2.36. The van der Waals surface area contributed by atoms with Gasteiger partial charge in [0.2, 0.25) is 0 Å². The second kappa shape index (κ2) is 6.21. The number of rotatable bonds is 3. The van der Waals surface area contributed by atoms with Crippen LogP contribution in [-0.4, -0.2) is 31.6 Å². The van der Waals surface area contributed by atoms with Crippen LogP contribution >= 0.6 is 0 Å². The molecule has 1 atom stereocenters. The first-order valence-electron chi connectivity index (χ1n) is 8.59. The minimum Gasteiger partial charge on any atom is -0.459 e. The van der Waals surface area contributed by atoms with E-state index in [1.807, 2.05) is 36.5 Å². The van der Waals surface area contributed by atoms with Gasteiger partial charge in [0, 0.05) is 30.6 Å². The van der Waals surface area contributed by atoms with E-state index in [1.54, 1.807) is 24.5 Å². The van der Waals surface area contributed by atoms with Crippen molar-refractivity contribution in [3.63, 3.8) is 0 Å². The second-order valence-corrected chi connectivity index (χ2v) is 6.25. The van der Waals surface area contributed by atoms with E-state index in [4.69, 9.17) is 4.42 Å². The number of carbonyl (C=O) groups is 1. The molecule has 3 aromatic heterocycles. The number of furan rings is 1. The molecule has 7 heteroatoms. The highest BCUT2D eigenvalue weighted by molar-refractivity contribution is 6.03. The van der Waals surface area contributed by atoms with Gasteiger partial charge in [-0.1, -0.05) is 12.1 Å². The Kier molecular flexibility index (Phi) is 3.57. The summed E-state index contributed by atoms with van der Waals surface area (Å²) in [6, 6.07) is 12.7. The predicted octanol–water partition coefficient (Wildman–Crippen LogP) is 3.54. The van der Waals surface area contributed by atoms with Crippen LogP contribution in [0.3, 0.4) is 0 Å². The Morgan fingerprint density at radius 3 is 2.85 bits per heavy atom. The smallest absolute Gasteiger partial charge is 0.310 e. The van der Waals surface area contributed by atoms with Gasteiger partial charge in [-0.15, -0.1) is 0 Å². The van der Waals surface area contributed by atoms with Gasteiger partial charge in [0.15, 0.2) is 5.76 Å². The zero-order chi connectivity index (χ0) is 18.2. The average molecular weight is 357 g/mol. The molecule has 132 valence electrons. The summed E-state index contributed by atoms with van der Waals surface area (Å²) in [7, 11) is 0. The van der Waals surface area contributed by atoms with E-state index < -0.39 is 0 Å². The molecule has 1 N–H and O–H groups in total. The maximum atomic E-state index is 13.0. The number of aromatic amines is 1. The lowest BCUT2D eigenvalue weighted by atomic mass is 9.99. The van der Waals surface area contributed by atoms with E-state index in [0.29, 0.717) is 6.42 Å². The first-order chi connectivity index (χ1) is 13.3. The topological polar surface area (TPSA) is 87.4 Å². The molecule has 4 aromatic rings. The molecule has 0 saturated carbocycles. The molecule has 0 aliphatic carbocycles. The number of nitrogens with zero attached hydrogens (tertiary/aromatic N) is 4. The van der Waals surface area contributed by atoms with Crippen LogP contribution in [0, 0.1) is 0 Å². The zero-order valence-electron chi connectivity index (χ0n) is 14.2. The zero-order valence-corrected chi connectivity index (χ0v) is 14.2. The number of hydrogen-bond acceptors (Lipinski definition) is 5. The Labute approximate surface area is 154 Å². The summed E-state index contributed by atoms with van der Waals surface area (Å²) < 4.78 is 5.31. The third-order valence-corrected chi connectivity index (χ3v) is 4.65. The largest absolute Gasteiger partial charge is 0.459 e. The molecule has 7 nitrogen and oxygen atoms in total. The van der Waals surface area contributed by atoms with Crippen LogP contribution in [0.2, 0.25) is 0 Å². The number of hydrogen-bond donors (Lipinski definition) is 1. The Morgan fingerprint density at radius 1 is 1.11 bits per heavy atom. The van der Waals surface area contributed by atoms with Crippen molar-refractivity contribution in [3.05, 3.63) is 84.3 Å². The summed E-state index contributed by atoms with van der Waals surface area (Å²) in [5.74, 6) is -0.0322. The number of H-pyrrole nitrogens is 1. The molecule has 0 saturated heterocycles. The molecule has 0 radical (unpaired) electrons. The molecular formula is C20H15N5O2. The molecule has 1 amide bonds. The molecule has 4 heterocycles. The summed E-state index contributed by atoms with van der Waals surface area (Å²) in [5, 5.41) is 6.10. The predicted molar refractivity (Wildman–Crippen MR) is 99.1 cm³/mol. The van der Waals surface area contributed by atoms with E-state index in [1.165, 1.54) is 11.3 Å². The standard InChI is InChI=1S/C20H15N5O2/c26-20(18-7-3-11-27-18)25-17(12-16(24-25)14-6-2-8-21-14)13-4-1-5-15-19(13)23-10-9-22-15/h1-11,17,21H,12H2. The van der Waals surface area contributed by atoms with Gasteiger partial charge in [0.1, 0.15) is 0 Å². The number of hydrazone groups is 1. The van der Waals surface area contributed by atoms with Gasteiger partial charge in [0.05, 0.1) is 34.7 Å². The number of para-hydroxylation sites is 1. The molecule has 0 bridgehead atoms. The number of aromatic nitrogens is 3. The minimum absolute atomic E-state index is 0.253. The number of benzene rings is 1. The number of carbonyl (C=O) groups excluding carboxylic acids is 1. The first-order valence-corrected chi connectivity index (χ1v) is 8.59. The fourth-order valence-corrected chi connectivity index (χ4v) is 3.41. The lowest BCUT2D eigenvalue weighted by molar-refractivity contribution is 0.0679. The maximum Gasteiger partial charge on any atom is 0.310 e. The second-order valence-electron chi connectivity index (χ2n) is 6.25. The third kappa shape index (κ3) is 2.60. The molecule has 1 aliphatic heterocycles. The van der Waals surface area contributed by atoms with Crippen LogP contribution in [0.5, 0.6) is 0 Å². The molecule has 1 aliphatic rings. The Morgan fingerprint density at radius 2 is 2.04 bits per heavy atom. The van der Waals surface area contributed by atoms with Gasteiger partial charge < -0.3 is 9.40 Å². The van der Waals surface area contributed by atoms with Crippen LogP contribution in [0.25, 0.3) is 11.0 Å².